The van der Waals surface area contributed by atoms with Crippen molar-refractivity contribution in [1.82, 2.24) is 14.5 Å². The molecule has 0 fully saturated rings. The Morgan fingerprint density at radius 3 is 2.55 bits per heavy atom. The summed E-state index contributed by atoms with van der Waals surface area (Å²) in [5.74, 6) is -1.10. The highest BCUT2D eigenvalue weighted by molar-refractivity contribution is 6.00. The van der Waals surface area contributed by atoms with Crippen molar-refractivity contribution < 1.29 is 8.78 Å². The molecule has 3 aromatic rings. The molecule has 102 valence electrons. The van der Waals surface area contributed by atoms with Crippen LogP contribution in [0.4, 0.5) is 20.3 Å². The van der Waals surface area contributed by atoms with E-state index >= 15 is 0 Å². The maximum atomic E-state index is 14.0. The summed E-state index contributed by atoms with van der Waals surface area (Å²) < 4.78 is 29.3. The highest BCUT2D eigenvalue weighted by Crippen LogP contribution is 2.34. The van der Waals surface area contributed by atoms with Gasteiger partial charge in [0.1, 0.15) is 29.4 Å². The lowest BCUT2D eigenvalue weighted by molar-refractivity contribution is 0.607. The minimum atomic E-state index is -0.686. The summed E-state index contributed by atoms with van der Waals surface area (Å²) in [4.78, 5) is 7.98. The van der Waals surface area contributed by atoms with Crippen LogP contribution in [0.1, 0.15) is 0 Å². The van der Waals surface area contributed by atoms with E-state index in [9.17, 15) is 8.78 Å². The summed E-state index contributed by atoms with van der Waals surface area (Å²) in [6.07, 6.45) is 2.95. The number of nitrogen functional groups attached to an aromatic ring is 2. The summed E-state index contributed by atoms with van der Waals surface area (Å²) in [5, 5.41) is 0.484. The highest BCUT2D eigenvalue weighted by Gasteiger charge is 2.17. The first-order chi connectivity index (χ1) is 9.49. The molecule has 20 heavy (non-hydrogen) atoms. The normalized spacial score (nSPS) is 11.2. The molecule has 0 radical (unpaired) electrons. The van der Waals surface area contributed by atoms with Gasteiger partial charge < -0.3 is 16.0 Å². The van der Waals surface area contributed by atoms with E-state index in [1.165, 1.54) is 6.33 Å². The van der Waals surface area contributed by atoms with Crippen molar-refractivity contribution >= 4 is 22.5 Å². The van der Waals surface area contributed by atoms with Crippen molar-refractivity contribution in [3.8, 4) is 11.1 Å². The number of nitrogens with zero attached hydrogens (tertiary/aromatic N) is 3. The third kappa shape index (κ3) is 1.67. The molecule has 0 spiro atoms. The van der Waals surface area contributed by atoms with Crippen LogP contribution in [-0.4, -0.2) is 14.5 Å². The molecule has 7 heteroatoms. The second kappa shape index (κ2) is 4.16. The Bertz CT molecular complexity index is 825. The van der Waals surface area contributed by atoms with Gasteiger partial charge >= 0.3 is 0 Å². The van der Waals surface area contributed by atoms with Gasteiger partial charge in [0.2, 0.25) is 0 Å². The molecule has 0 aliphatic heterocycles. The molecule has 2 aromatic heterocycles. The van der Waals surface area contributed by atoms with E-state index in [0.29, 0.717) is 16.6 Å². The molecule has 0 atom stereocenters. The number of benzene rings is 1. The Hall–Kier alpha value is -2.70. The lowest BCUT2D eigenvalue weighted by atomic mass is 10.0. The number of hydrogen-bond donors (Lipinski definition) is 2. The van der Waals surface area contributed by atoms with Gasteiger partial charge in [-0.2, -0.15) is 0 Å². The molecule has 0 amide bonds. The van der Waals surface area contributed by atoms with Crippen LogP contribution >= 0.6 is 0 Å². The molecule has 0 aliphatic carbocycles. The fourth-order valence-corrected chi connectivity index (χ4v) is 2.21. The van der Waals surface area contributed by atoms with Crippen molar-refractivity contribution in [2.24, 2.45) is 7.05 Å². The zero-order chi connectivity index (χ0) is 14.4. The van der Waals surface area contributed by atoms with Crippen LogP contribution in [0.25, 0.3) is 22.2 Å². The monoisotopic (exact) mass is 275 g/mol. The summed E-state index contributed by atoms with van der Waals surface area (Å²) in [6, 6.07) is 2.00. The van der Waals surface area contributed by atoms with Crippen LogP contribution < -0.4 is 11.5 Å². The number of aromatic nitrogens is 3. The average Bonchev–Trinajstić information content (AvgIpc) is 2.73. The Kier molecular flexibility index (Phi) is 2.56. The van der Waals surface area contributed by atoms with Crippen molar-refractivity contribution in [3.63, 3.8) is 0 Å². The minimum absolute atomic E-state index is 0.0730. The number of halogens is 2. The van der Waals surface area contributed by atoms with Crippen molar-refractivity contribution in [2.45, 2.75) is 0 Å². The maximum absolute atomic E-state index is 14.0. The lowest BCUT2D eigenvalue weighted by Gasteiger charge is -2.05. The fraction of sp³-hybridized carbons (Fsp3) is 0.0769. The highest BCUT2D eigenvalue weighted by atomic mass is 19.1. The van der Waals surface area contributed by atoms with Crippen LogP contribution in [-0.2, 0) is 7.05 Å². The first kappa shape index (κ1) is 12.3. The number of fused-ring (bicyclic) bond motifs is 1. The van der Waals surface area contributed by atoms with E-state index in [0.717, 1.165) is 12.1 Å². The second-order valence-corrected chi connectivity index (χ2v) is 4.46. The SMILES string of the molecule is Cn1cc(-c2cc(F)c(N)cc2F)c2c(N)ncnc21. The molecule has 0 saturated heterocycles. The van der Waals surface area contributed by atoms with Crippen LogP contribution in [0.3, 0.4) is 0 Å². The van der Waals surface area contributed by atoms with E-state index in [1.54, 1.807) is 17.8 Å². The molecular formula is C13H11F2N5. The Morgan fingerprint density at radius 2 is 1.80 bits per heavy atom. The van der Waals surface area contributed by atoms with Gasteiger partial charge in [0.15, 0.2) is 0 Å². The number of anilines is 2. The molecule has 0 saturated carbocycles. The van der Waals surface area contributed by atoms with Gasteiger partial charge in [-0.1, -0.05) is 0 Å². The second-order valence-electron chi connectivity index (χ2n) is 4.46. The third-order valence-corrected chi connectivity index (χ3v) is 3.16. The molecular weight excluding hydrogens is 264 g/mol. The Balaban J connectivity index is 2.39. The summed E-state index contributed by atoms with van der Waals surface area (Å²) >= 11 is 0. The molecule has 3 rings (SSSR count). The van der Waals surface area contributed by atoms with Gasteiger partial charge in [0.05, 0.1) is 11.1 Å². The van der Waals surface area contributed by atoms with Crippen molar-refractivity contribution in [2.75, 3.05) is 11.5 Å². The van der Waals surface area contributed by atoms with Crippen molar-refractivity contribution in [1.29, 1.82) is 0 Å². The molecule has 1 aromatic carbocycles. The largest absolute Gasteiger partial charge is 0.396 e. The van der Waals surface area contributed by atoms with E-state index in [1.807, 2.05) is 0 Å². The first-order valence-electron chi connectivity index (χ1n) is 5.79. The van der Waals surface area contributed by atoms with Gasteiger partial charge in [0, 0.05) is 30.4 Å². The number of aryl methyl sites for hydroxylation is 1. The number of hydrogen-bond acceptors (Lipinski definition) is 4. The van der Waals surface area contributed by atoms with Gasteiger partial charge in [-0.05, 0) is 6.07 Å². The zero-order valence-corrected chi connectivity index (χ0v) is 10.6. The Labute approximate surface area is 112 Å². The zero-order valence-electron chi connectivity index (χ0n) is 10.6. The molecule has 4 N–H and O–H groups in total. The molecule has 0 unspecified atom stereocenters. The lowest BCUT2D eigenvalue weighted by Crippen LogP contribution is -1.96. The number of nitrogens with two attached hydrogens (primary N) is 2. The molecule has 5 nitrogen and oxygen atoms in total. The molecule has 2 heterocycles. The molecule has 0 aliphatic rings. The first-order valence-corrected chi connectivity index (χ1v) is 5.79. The van der Waals surface area contributed by atoms with Crippen molar-refractivity contribution in [3.05, 3.63) is 36.3 Å². The number of rotatable bonds is 1. The predicted molar refractivity (Wildman–Crippen MR) is 72.7 cm³/mol. The van der Waals surface area contributed by atoms with Crippen LogP contribution in [0.15, 0.2) is 24.7 Å². The van der Waals surface area contributed by atoms with Gasteiger partial charge in [-0.15, -0.1) is 0 Å². The fourth-order valence-electron chi connectivity index (χ4n) is 2.21. The van der Waals surface area contributed by atoms with Gasteiger partial charge in [-0.25, -0.2) is 18.7 Å². The molecule has 0 bridgehead atoms. The van der Waals surface area contributed by atoms with E-state index in [4.69, 9.17) is 11.5 Å². The predicted octanol–water partition coefficient (Wildman–Crippen LogP) is 2.08. The Morgan fingerprint density at radius 1 is 1.05 bits per heavy atom. The van der Waals surface area contributed by atoms with E-state index < -0.39 is 11.6 Å². The van der Waals surface area contributed by atoms with E-state index in [2.05, 4.69) is 9.97 Å². The van der Waals surface area contributed by atoms with Crippen LogP contribution in [0, 0.1) is 11.6 Å². The minimum Gasteiger partial charge on any atom is -0.396 e. The smallest absolute Gasteiger partial charge is 0.146 e. The van der Waals surface area contributed by atoms with Gasteiger partial charge in [-0.3, -0.25) is 0 Å². The quantitative estimate of drug-likeness (QED) is 0.666. The third-order valence-electron chi connectivity index (χ3n) is 3.16. The summed E-state index contributed by atoms with van der Waals surface area (Å²) in [7, 11) is 1.74. The van der Waals surface area contributed by atoms with Gasteiger partial charge in [0.25, 0.3) is 0 Å². The van der Waals surface area contributed by atoms with Crippen LogP contribution in [0.5, 0.6) is 0 Å². The summed E-state index contributed by atoms with van der Waals surface area (Å²) in [5.41, 5.74) is 12.0. The summed E-state index contributed by atoms with van der Waals surface area (Å²) in [6.45, 7) is 0. The standard InChI is InChI=1S/C13H11F2N5/c1-20-4-7(11-12(17)18-5-19-13(11)20)6-2-9(15)10(16)3-8(6)14/h2-5H,16H2,1H3,(H2,17,18,19). The topological polar surface area (TPSA) is 82.8 Å². The van der Waals surface area contributed by atoms with Crippen LogP contribution in [0.2, 0.25) is 0 Å². The maximum Gasteiger partial charge on any atom is 0.146 e. The van der Waals surface area contributed by atoms with E-state index in [-0.39, 0.29) is 17.1 Å². The average molecular weight is 275 g/mol.